The number of nitrogens with zero attached hydrogens (tertiary/aromatic N) is 3. The average molecular weight is 363 g/mol. The fraction of sp³-hybridized carbons (Fsp3) is 0.190. The van der Waals surface area contributed by atoms with E-state index < -0.39 is 0 Å². The van der Waals surface area contributed by atoms with Crippen LogP contribution in [0.1, 0.15) is 17.0 Å². The zero-order chi connectivity index (χ0) is 19.2. The number of carbonyl (C=O) groups excluding carboxylic acids is 1. The van der Waals surface area contributed by atoms with Gasteiger partial charge >= 0.3 is 0 Å². The third-order valence-electron chi connectivity index (χ3n) is 4.07. The van der Waals surface area contributed by atoms with Crippen LogP contribution in [0.15, 0.2) is 59.1 Å². The Labute approximate surface area is 158 Å². The van der Waals surface area contributed by atoms with Gasteiger partial charge in [0.25, 0.3) is 0 Å². The second kappa shape index (κ2) is 8.31. The van der Waals surface area contributed by atoms with Crippen molar-refractivity contribution in [1.29, 1.82) is 0 Å². The molecule has 6 nitrogen and oxygen atoms in total. The SMILES string of the molecule is COc1ccccc1/C=C/C(=O)N(C)Cc1nc(-c2ccc(C)cc2)no1. The van der Waals surface area contributed by atoms with Gasteiger partial charge in [0.1, 0.15) is 5.75 Å². The predicted molar refractivity (Wildman–Crippen MR) is 103 cm³/mol. The van der Waals surface area contributed by atoms with Crippen LogP contribution < -0.4 is 4.74 Å². The normalized spacial score (nSPS) is 10.9. The van der Waals surface area contributed by atoms with Gasteiger partial charge in [0.15, 0.2) is 0 Å². The molecule has 0 atom stereocenters. The molecule has 0 N–H and O–H groups in total. The van der Waals surface area contributed by atoms with Gasteiger partial charge in [0.2, 0.25) is 17.6 Å². The lowest BCUT2D eigenvalue weighted by Gasteiger charge is -2.12. The molecule has 3 rings (SSSR count). The number of likely N-dealkylation sites (N-methyl/N-ethyl adjacent to an activating group) is 1. The fourth-order valence-electron chi connectivity index (χ4n) is 2.51. The van der Waals surface area contributed by atoms with Crippen LogP contribution in [0.4, 0.5) is 0 Å². The molecule has 0 spiro atoms. The van der Waals surface area contributed by atoms with Crippen LogP contribution in [0.3, 0.4) is 0 Å². The van der Waals surface area contributed by atoms with Gasteiger partial charge in [-0.3, -0.25) is 4.79 Å². The summed E-state index contributed by atoms with van der Waals surface area (Å²) in [5.74, 6) is 1.43. The number of carbonyl (C=O) groups is 1. The van der Waals surface area contributed by atoms with E-state index in [0.717, 1.165) is 16.7 Å². The predicted octanol–water partition coefficient (Wildman–Crippen LogP) is 3.73. The Kier molecular flexibility index (Phi) is 5.66. The Hall–Kier alpha value is -3.41. The van der Waals surface area contributed by atoms with Crippen LogP contribution in [0.2, 0.25) is 0 Å². The topological polar surface area (TPSA) is 68.5 Å². The largest absolute Gasteiger partial charge is 0.496 e. The molecule has 0 aliphatic heterocycles. The van der Waals surface area contributed by atoms with Gasteiger partial charge < -0.3 is 14.2 Å². The summed E-state index contributed by atoms with van der Waals surface area (Å²) in [5.41, 5.74) is 2.87. The van der Waals surface area contributed by atoms with Crippen molar-refractivity contribution in [3.8, 4) is 17.1 Å². The van der Waals surface area contributed by atoms with Gasteiger partial charge in [0.05, 0.1) is 13.7 Å². The Morgan fingerprint density at radius 3 is 2.67 bits per heavy atom. The molecule has 1 aromatic heterocycles. The van der Waals surface area contributed by atoms with Gasteiger partial charge in [-0.15, -0.1) is 0 Å². The molecule has 1 heterocycles. The first-order valence-corrected chi connectivity index (χ1v) is 8.52. The summed E-state index contributed by atoms with van der Waals surface area (Å²) >= 11 is 0. The number of aromatic nitrogens is 2. The number of aryl methyl sites for hydroxylation is 1. The molecule has 138 valence electrons. The Morgan fingerprint density at radius 1 is 1.19 bits per heavy atom. The van der Waals surface area contributed by atoms with Crippen LogP contribution in [0.25, 0.3) is 17.5 Å². The molecule has 3 aromatic rings. The maximum absolute atomic E-state index is 12.3. The van der Waals surface area contributed by atoms with E-state index in [1.807, 2.05) is 55.5 Å². The summed E-state index contributed by atoms with van der Waals surface area (Å²) < 4.78 is 10.5. The maximum atomic E-state index is 12.3. The van der Waals surface area contributed by atoms with E-state index in [-0.39, 0.29) is 12.5 Å². The number of benzene rings is 2. The summed E-state index contributed by atoms with van der Waals surface area (Å²) in [4.78, 5) is 18.2. The molecule has 0 fully saturated rings. The van der Waals surface area contributed by atoms with E-state index in [2.05, 4.69) is 10.1 Å². The number of para-hydroxylation sites is 1. The highest BCUT2D eigenvalue weighted by Crippen LogP contribution is 2.19. The van der Waals surface area contributed by atoms with Gasteiger partial charge in [-0.1, -0.05) is 53.2 Å². The van der Waals surface area contributed by atoms with E-state index in [1.165, 1.54) is 11.0 Å². The first-order valence-electron chi connectivity index (χ1n) is 8.52. The molecule has 0 unspecified atom stereocenters. The van der Waals surface area contributed by atoms with E-state index in [4.69, 9.17) is 9.26 Å². The minimum Gasteiger partial charge on any atom is -0.496 e. The maximum Gasteiger partial charge on any atom is 0.246 e. The summed E-state index contributed by atoms with van der Waals surface area (Å²) in [5, 5.41) is 3.99. The van der Waals surface area contributed by atoms with Crippen LogP contribution >= 0.6 is 0 Å². The van der Waals surface area contributed by atoms with Crippen molar-refractivity contribution < 1.29 is 14.1 Å². The first kappa shape index (κ1) is 18.4. The Bertz CT molecular complexity index is 945. The number of amides is 1. The molecule has 27 heavy (non-hydrogen) atoms. The van der Waals surface area contributed by atoms with E-state index in [0.29, 0.717) is 17.5 Å². The second-order valence-electron chi connectivity index (χ2n) is 6.15. The van der Waals surface area contributed by atoms with Gasteiger partial charge in [-0.05, 0) is 19.1 Å². The molecular weight excluding hydrogens is 342 g/mol. The number of ether oxygens (including phenoxy) is 1. The third-order valence-corrected chi connectivity index (χ3v) is 4.07. The molecule has 0 saturated heterocycles. The van der Waals surface area contributed by atoms with Crippen molar-refractivity contribution in [1.82, 2.24) is 15.0 Å². The van der Waals surface area contributed by atoms with E-state index >= 15 is 0 Å². The fourth-order valence-corrected chi connectivity index (χ4v) is 2.51. The summed E-state index contributed by atoms with van der Waals surface area (Å²) in [7, 11) is 3.28. The van der Waals surface area contributed by atoms with Gasteiger partial charge in [-0.2, -0.15) is 4.98 Å². The minimum absolute atomic E-state index is 0.170. The molecule has 0 aliphatic rings. The molecular formula is C21H21N3O3. The van der Waals surface area contributed by atoms with Crippen molar-refractivity contribution in [2.75, 3.05) is 14.2 Å². The Balaban J connectivity index is 1.65. The zero-order valence-electron chi connectivity index (χ0n) is 15.5. The quantitative estimate of drug-likeness (QED) is 0.624. The standard InChI is InChI=1S/C21H21N3O3/c1-15-8-10-17(11-9-15)21-22-19(27-23-21)14-24(2)20(25)13-12-16-6-4-5-7-18(16)26-3/h4-13H,14H2,1-3H3/b13-12+. The van der Waals surface area contributed by atoms with Gasteiger partial charge in [-0.25, -0.2) is 0 Å². The highest BCUT2D eigenvalue weighted by atomic mass is 16.5. The van der Waals surface area contributed by atoms with E-state index in [9.17, 15) is 4.79 Å². The van der Waals surface area contributed by atoms with Crippen LogP contribution in [0.5, 0.6) is 5.75 Å². The molecule has 2 aromatic carbocycles. The molecule has 0 radical (unpaired) electrons. The minimum atomic E-state index is -0.170. The van der Waals surface area contributed by atoms with Crippen LogP contribution in [-0.2, 0) is 11.3 Å². The molecule has 0 bridgehead atoms. The summed E-state index contributed by atoms with van der Waals surface area (Å²) in [6.45, 7) is 2.25. The summed E-state index contributed by atoms with van der Waals surface area (Å²) in [6, 6.07) is 15.4. The average Bonchev–Trinajstić information content (AvgIpc) is 3.15. The lowest BCUT2D eigenvalue weighted by molar-refractivity contribution is -0.125. The molecule has 1 amide bonds. The number of methoxy groups -OCH3 is 1. The zero-order valence-corrected chi connectivity index (χ0v) is 15.5. The lowest BCUT2D eigenvalue weighted by Crippen LogP contribution is -2.24. The van der Waals surface area contributed by atoms with Crippen molar-refractivity contribution in [3.63, 3.8) is 0 Å². The number of hydrogen-bond acceptors (Lipinski definition) is 5. The first-order chi connectivity index (χ1) is 13.1. The van der Waals surface area contributed by atoms with Crippen LogP contribution in [0, 0.1) is 6.92 Å². The summed E-state index contributed by atoms with van der Waals surface area (Å²) in [6.07, 6.45) is 3.22. The van der Waals surface area contributed by atoms with Crippen molar-refractivity contribution in [2.45, 2.75) is 13.5 Å². The lowest BCUT2D eigenvalue weighted by atomic mass is 10.1. The molecule has 0 aliphatic carbocycles. The molecule has 6 heteroatoms. The van der Waals surface area contributed by atoms with Crippen molar-refractivity contribution >= 4 is 12.0 Å². The highest BCUT2D eigenvalue weighted by molar-refractivity contribution is 5.91. The van der Waals surface area contributed by atoms with Gasteiger partial charge in [0, 0.05) is 24.3 Å². The van der Waals surface area contributed by atoms with Crippen molar-refractivity contribution in [2.24, 2.45) is 0 Å². The number of hydrogen-bond donors (Lipinski definition) is 0. The highest BCUT2D eigenvalue weighted by Gasteiger charge is 2.13. The number of rotatable bonds is 6. The smallest absolute Gasteiger partial charge is 0.246 e. The van der Waals surface area contributed by atoms with E-state index in [1.54, 1.807) is 20.2 Å². The van der Waals surface area contributed by atoms with Crippen LogP contribution in [-0.4, -0.2) is 35.1 Å². The monoisotopic (exact) mass is 363 g/mol. The third kappa shape index (κ3) is 4.61. The molecule has 0 saturated carbocycles. The second-order valence-corrected chi connectivity index (χ2v) is 6.15. The van der Waals surface area contributed by atoms with Crippen molar-refractivity contribution in [3.05, 3.63) is 71.6 Å². The Morgan fingerprint density at radius 2 is 1.93 bits per heavy atom.